The first kappa shape index (κ1) is 16.5. The number of amides is 2. The Kier molecular flexibility index (Phi) is 4.46. The Bertz CT molecular complexity index is 653. The molecular weight excluding hydrogens is 316 g/mol. The zero-order chi connectivity index (χ0) is 17.3. The highest BCUT2D eigenvalue weighted by Gasteiger charge is 2.38. The summed E-state index contributed by atoms with van der Waals surface area (Å²) in [6, 6.07) is 5.22. The molecule has 4 heterocycles. The summed E-state index contributed by atoms with van der Waals surface area (Å²) in [6.07, 6.45) is 5.42. The van der Waals surface area contributed by atoms with E-state index in [0.29, 0.717) is 16.8 Å². The molecule has 0 unspecified atom stereocenters. The second kappa shape index (κ2) is 6.75. The second-order valence-electron chi connectivity index (χ2n) is 7.63. The summed E-state index contributed by atoms with van der Waals surface area (Å²) in [5.41, 5.74) is 1.17. The van der Waals surface area contributed by atoms with Crippen LogP contribution >= 0.6 is 0 Å². The van der Waals surface area contributed by atoms with Crippen molar-refractivity contribution in [2.75, 3.05) is 39.3 Å². The van der Waals surface area contributed by atoms with Crippen molar-refractivity contribution < 1.29 is 9.59 Å². The van der Waals surface area contributed by atoms with Crippen LogP contribution in [0.5, 0.6) is 0 Å². The van der Waals surface area contributed by atoms with Gasteiger partial charge in [-0.3, -0.25) is 9.59 Å². The molecule has 0 radical (unpaired) electrons. The van der Waals surface area contributed by atoms with Gasteiger partial charge in [-0.15, -0.1) is 0 Å². The average molecular weight is 342 g/mol. The molecule has 3 aliphatic heterocycles. The van der Waals surface area contributed by atoms with Crippen LogP contribution in [-0.2, 0) is 0 Å². The maximum absolute atomic E-state index is 12.8. The number of carbonyl (C=O) groups is 2. The predicted molar refractivity (Wildman–Crippen MR) is 94.4 cm³/mol. The first-order valence-corrected chi connectivity index (χ1v) is 9.43. The molecule has 0 atom stereocenters. The normalized spacial score (nSPS) is 22.6. The molecule has 1 aromatic heterocycles. The number of pyridine rings is 1. The first-order chi connectivity index (χ1) is 12.2. The molecule has 1 spiro atoms. The van der Waals surface area contributed by atoms with Crippen LogP contribution in [-0.4, -0.2) is 65.9 Å². The van der Waals surface area contributed by atoms with Gasteiger partial charge >= 0.3 is 0 Å². The van der Waals surface area contributed by atoms with E-state index < -0.39 is 0 Å². The third-order valence-corrected chi connectivity index (χ3v) is 6.02. The Hall–Kier alpha value is -1.95. The van der Waals surface area contributed by atoms with E-state index in [1.807, 2.05) is 9.80 Å². The smallest absolute Gasteiger partial charge is 0.272 e. The summed E-state index contributed by atoms with van der Waals surface area (Å²) < 4.78 is 0. The molecule has 0 aliphatic carbocycles. The van der Waals surface area contributed by atoms with E-state index in [-0.39, 0.29) is 11.8 Å². The van der Waals surface area contributed by atoms with E-state index in [2.05, 4.69) is 10.3 Å². The lowest BCUT2D eigenvalue weighted by molar-refractivity contribution is 0.0601. The summed E-state index contributed by atoms with van der Waals surface area (Å²) in [6.45, 7) is 5.32. The predicted octanol–water partition coefficient (Wildman–Crippen LogP) is 1.53. The average Bonchev–Trinajstić information content (AvgIpc) is 3.34. The largest absolute Gasteiger partial charge is 0.337 e. The zero-order valence-electron chi connectivity index (χ0n) is 14.7. The maximum atomic E-state index is 12.8. The van der Waals surface area contributed by atoms with Gasteiger partial charge < -0.3 is 15.1 Å². The van der Waals surface area contributed by atoms with Crippen molar-refractivity contribution in [2.45, 2.75) is 32.1 Å². The van der Waals surface area contributed by atoms with Gasteiger partial charge in [0.25, 0.3) is 11.8 Å². The number of hydrogen-bond donors (Lipinski definition) is 1. The van der Waals surface area contributed by atoms with Crippen molar-refractivity contribution in [1.29, 1.82) is 0 Å². The monoisotopic (exact) mass is 342 g/mol. The van der Waals surface area contributed by atoms with Crippen LogP contribution in [0.25, 0.3) is 0 Å². The van der Waals surface area contributed by atoms with Gasteiger partial charge in [0.1, 0.15) is 11.4 Å². The maximum Gasteiger partial charge on any atom is 0.272 e. The number of hydrogen-bond acceptors (Lipinski definition) is 4. The van der Waals surface area contributed by atoms with Crippen LogP contribution in [0.4, 0.5) is 0 Å². The lowest BCUT2D eigenvalue weighted by Crippen LogP contribution is -2.44. The number of aromatic nitrogens is 1. The van der Waals surface area contributed by atoms with Gasteiger partial charge in [-0.05, 0) is 56.2 Å². The number of rotatable bonds is 2. The van der Waals surface area contributed by atoms with Crippen LogP contribution < -0.4 is 5.32 Å². The molecule has 1 N–H and O–H groups in total. The van der Waals surface area contributed by atoms with Crippen molar-refractivity contribution >= 4 is 11.8 Å². The molecule has 6 nitrogen and oxygen atoms in total. The number of nitrogens with one attached hydrogen (secondary N) is 1. The van der Waals surface area contributed by atoms with Gasteiger partial charge in [-0.25, -0.2) is 4.98 Å². The lowest BCUT2D eigenvalue weighted by atomic mass is 9.78. The van der Waals surface area contributed by atoms with E-state index >= 15 is 0 Å². The van der Waals surface area contributed by atoms with Gasteiger partial charge in [-0.2, -0.15) is 0 Å². The minimum atomic E-state index is -0.0539. The first-order valence-electron chi connectivity index (χ1n) is 9.43. The lowest BCUT2D eigenvalue weighted by Gasteiger charge is -2.38. The third-order valence-electron chi connectivity index (χ3n) is 6.02. The standard InChI is InChI=1S/C19H26N4O2/c24-17(22-10-1-2-11-22)15-4-3-5-16(21-15)18(25)23-12-7-19(8-13-23)6-9-20-14-19/h3-5,20H,1-2,6-14H2. The molecule has 0 saturated carbocycles. The van der Waals surface area contributed by atoms with Gasteiger partial charge in [0.2, 0.25) is 0 Å². The Morgan fingerprint density at radius 1 is 0.920 bits per heavy atom. The van der Waals surface area contributed by atoms with Gasteiger partial charge in [0, 0.05) is 32.7 Å². The van der Waals surface area contributed by atoms with Crippen LogP contribution in [0.3, 0.4) is 0 Å². The van der Waals surface area contributed by atoms with E-state index in [9.17, 15) is 9.59 Å². The van der Waals surface area contributed by atoms with Crippen molar-refractivity contribution in [3.8, 4) is 0 Å². The highest BCUT2D eigenvalue weighted by atomic mass is 16.2. The molecule has 2 amide bonds. The number of nitrogens with zero attached hydrogens (tertiary/aromatic N) is 3. The number of carbonyl (C=O) groups excluding carboxylic acids is 2. The van der Waals surface area contributed by atoms with E-state index in [4.69, 9.17) is 0 Å². The van der Waals surface area contributed by atoms with Crippen LogP contribution in [0.2, 0.25) is 0 Å². The van der Waals surface area contributed by atoms with Crippen LogP contribution in [0.15, 0.2) is 18.2 Å². The Labute approximate surface area is 148 Å². The van der Waals surface area contributed by atoms with Gasteiger partial charge in [0.15, 0.2) is 0 Å². The van der Waals surface area contributed by atoms with Crippen molar-refractivity contribution in [3.63, 3.8) is 0 Å². The Balaban J connectivity index is 1.43. The highest BCUT2D eigenvalue weighted by Crippen LogP contribution is 2.37. The number of piperidine rings is 1. The summed E-state index contributed by atoms with van der Waals surface area (Å²) in [5, 5.41) is 3.45. The SMILES string of the molecule is O=C(c1cccc(C(=O)N2CCC3(CCNC3)CC2)n1)N1CCCC1. The van der Waals surface area contributed by atoms with Crippen LogP contribution in [0, 0.1) is 5.41 Å². The summed E-state index contributed by atoms with van der Waals surface area (Å²) in [7, 11) is 0. The molecule has 4 rings (SSSR count). The van der Waals surface area contributed by atoms with Crippen LogP contribution in [0.1, 0.15) is 53.1 Å². The van der Waals surface area contributed by atoms with Crippen molar-refractivity contribution in [1.82, 2.24) is 20.1 Å². The third kappa shape index (κ3) is 3.27. The minimum Gasteiger partial charge on any atom is -0.337 e. The summed E-state index contributed by atoms with van der Waals surface area (Å²) in [4.78, 5) is 33.4. The molecule has 1 aromatic rings. The fourth-order valence-electron chi connectivity index (χ4n) is 4.32. The van der Waals surface area contributed by atoms with Gasteiger partial charge in [-0.1, -0.05) is 6.07 Å². The summed E-state index contributed by atoms with van der Waals surface area (Å²) >= 11 is 0. The molecule has 3 saturated heterocycles. The van der Waals surface area contributed by atoms with Crippen molar-refractivity contribution in [2.24, 2.45) is 5.41 Å². The second-order valence-corrected chi connectivity index (χ2v) is 7.63. The molecule has 25 heavy (non-hydrogen) atoms. The molecule has 3 fully saturated rings. The molecule has 134 valence electrons. The van der Waals surface area contributed by atoms with Crippen molar-refractivity contribution in [3.05, 3.63) is 29.6 Å². The zero-order valence-corrected chi connectivity index (χ0v) is 14.7. The minimum absolute atomic E-state index is 0.0446. The molecule has 0 bridgehead atoms. The fourth-order valence-corrected chi connectivity index (χ4v) is 4.32. The van der Waals surface area contributed by atoms with E-state index in [1.165, 1.54) is 6.42 Å². The quantitative estimate of drug-likeness (QED) is 0.885. The summed E-state index contributed by atoms with van der Waals surface area (Å²) in [5.74, 6) is -0.0985. The topological polar surface area (TPSA) is 65.5 Å². The Morgan fingerprint density at radius 2 is 1.52 bits per heavy atom. The highest BCUT2D eigenvalue weighted by molar-refractivity contribution is 5.96. The molecule has 0 aromatic carbocycles. The fraction of sp³-hybridized carbons (Fsp3) is 0.632. The molecular formula is C19H26N4O2. The van der Waals surface area contributed by atoms with E-state index in [1.54, 1.807) is 18.2 Å². The molecule has 3 aliphatic rings. The van der Waals surface area contributed by atoms with E-state index in [0.717, 1.165) is 65.0 Å². The Morgan fingerprint density at radius 3 is 2.08 bits per heavy atom. The number of likely N-dealkylation sites (tertiary alicyclic amines) is 2. The van der Waals surface area contributed by atoms with Gasteiger partial charge in [0.05, 0.1) is 0 Å². The molecule has 6 heteroatoms.